The van der Waals surface area contributed by atoms with Crippen LogP contribution in [0.4, 0.5) is 0 Å². The Morgan fingerprint density at radius 3 is 2.60 bits per heavy atom. The fourth-order valence-corrected chi connectivity index (χ4v) is 1.80. The van der Waals surface area contributed by atoms with Crippen molar-refractivity contribution < 1.29 is 9.90 Å². The maximum Gasteiger partial charge on any atom is 0.307 e. The van der Waals surface area contributed by atoms with E-state index in [1.54, 1.807) is 0 Å². The molecule has 1 aliphatic rings. The van der Waals surface area contributed by atoms with Gasteiger partial charge in [-0.1, -0.05) is 36.4 Å². The standard InChI is InChI=1S/C13H14O2/c1-9(10-5-3-2-4-6-10)7-11-8-12(11)13(14)15/h2-7,11-12H,8H2,1H3,(H,14,15)/b9-7+. The number of hydrogen-bond acceptors (Lipinski definition) is 1. The van der Waals surface area contributed by atoms with Crippen molar-refractivity contribution in [3.8, 4) is 0 Å². The molecule has 0 radical (unpaired) electrons. The van der Waals surface area contributed by atoms with E-state index in [1.807, 2.05) is 37.3 Å². The summed E-state index contributed by atoms with van der Waals surface area (Å²) in [5, 5.41) is 8.78. The van der Waals surface area contributed by atoms with E-state index in [9.17, 15) is 4.79 Å². The maximum atomic E-state index is 10.7. The molecule has 1 aliphatic carbocycles. The Kier molecular flexibility index (Phi) is 2.58. The molecule has 2 rings (SSSR count). The maximum absolute atomic E-state index is 10.7. The topological polar surface area (TPSA) is 37.3 Å². The third kappa shape index (κ3) is 2.27. The van der Waals surface area contributed by atoms with Gasteiger partial charge in [-0.05, 0) is 30.4 Å². The molecule has 1 aromatic rings. The molecule has 0 saturated heterocycles. The molecule has 0 aromatic heterocycles. The number of carboxylic acids is 1. The summed E-state index contributed by atoms with van der Waals surface area (Å²) in [6, 6.07) is 10.1. The summed E-state index contributed by atoms with van der Waals surface area (Å²) in [6.07, 6.45) is 2.87. The molecule has 0 amide bonds. The first-order valence-electron chi connectivity index (χ1n) is 5.15. The molecule has 0 bridgehead atoms. The summed E-state index contributed by atoms with van der Waals surface area (Å²) < 4.78 is 0. The summed E-state index contributed by atoms with van der Waals surface area (Å²) in [4.78, 5) is 10.7. The largest absolute Gasteiger partial charge is 0.481 e. The molecule has 1 saturated carbocycles. The van der Waals surface area contributed by atoms with Crippen molar-refractivity contribution in [1.82, 2.24) is 0 Å². The molecule has 1 N–H and O–H groups in total. The van der Waals surface area contributed by atoms with Crippen LogP contribution in [0.1, 0.15) is 18.9 Å². The molecule has 0 aliphatic heterocycles. The number of allylic oxidation sites excluding steroid dienone is 2. The monoisotopic (exact) mass is 202 g/mol. The van der Waals surface area contributed by atoms with Crippen molar-refractivity contribution in [3.63, 3.8) is 0 Å². The average Bonchev–Trinajstić information content (AvgIpc) is 2.98. The minimum Gasteiger partial charge on any atom is -0.481 e. The van der Waals surface area contributed by atoms with Crippen LogP contribution in [-0.4, -0.2) is 11.1 Å². The molecule has 2 atom stereocenters. The highest BCUT2D eigenvalue weighted by Gasteiger charge is 2.41. The van der Waals surface area contributed by atoms with E-state index in [0.717, 1.165) is 6.42 Å². The average molecular weight is 202 g/mol. The first kappa shape index (κ1) is 9.97. The lowest BCUT2D eigenvalue weighted by Crippen LogP contribution is -1.98. The van der Waals surface area contributed by atoms with Crippen LogP contribution in [0.25, 0.3) is 5.57 Å². The predicted octanol–water partition coefficient (Wildman–Crippen LogP) is 2.81. The quantitative estimate of drug-likeness (QED) is 0.818. The Morgan fingerprint density at radius 2 is 2.07 bits per heavy atom. The van der Waals surface area contributed by atoms with Crippen LogP contribution in [0, 0.1) is 11.8 Å². The van der Waals surface area contributed by atoms with Crippen LogP contribution in [0.3, 0.4) is 0 Å². The highest BCUT2D eigenvalue weighted by molar-refractivity contribution is 5.75. The first-order valence-corrected chi connectivity index (χ1v) is 5.15. The Morgan fingerprint density at radius 1 is 1.40 bits per heavy atom. The van der Waals surface area contributed by atoms with E-state index in [2.05, 4.69) is 6.08 Å². The van der Waals surface area contributed by atoms with Crippen LogP contribution >= 0.6 is 0 Å². The van der Waals surface area contributed by atoms with Crippen molar-refractivity contribution in [2.45, 2.75) is 13.3 Å². The minimum atomic E-state index is -0.669. The smallest absolute Gasteiger partial charge is 0.307 e. The fourth-order valence-electron chi connectivity index (χ4n) is 1.80. The van der Waals surface area contributed by atoms with Gasteiger partial charge in [0.15, 0.2) is 0 Å². The molecule has 2 heteroatoms. The molecule has 2 unspecified atom stereocenters. The number of carboxylic acid groups (broad SMARTS) is 1. The van der Waals surface area contributed by atoms with Gasteiger partial charge in [0.25, 0.3) is 0 Å². The van der Waals surface area contributed by atoms with E-state index in [-0.39, 0.29) is 11.8 Å². The summed E-state index contributed by atoms with van der Waals surface area (Å²) >= 11 is 0. The Bertz CT molecular complexity index is 392. The summed E-state index contributed by atoms with van der Waals surface area (Å²) in [5.41, 5.74) is 2.35. The fraction of sp³-hybridized carbons (Fsp3) is 0.308. The minimum absolute atomic E-state index is 0.149. The molecule has 1 fully saturated rings. The highest BCUT2D eigenvalue weighted by atomic mass is 16.4. The van der Waals surface area contributed by atoms with Gasteiger partial charge in [0.1, 0.15) is 0 Å². The van der Waals surface area contributed by atoms with Crippen LogP contribution in [-0.2, 0) is 4.79 Å². The van der Waals surface area contributed by atoms with Gasteiger partial charge in [0, 0.05) is 0 Å². The second-order valence-electron chi connectivity index (χ2n) is 4.06. The SMILES string of the molecule is C/C(=C\C1CC1C(=O)O)c1ccccc1. The van der Waals surface area contributed by atoms with E-state index in [0.29, 0.717) is 0 Å². The number of rotatable bonds is 3. The van der Waals surface area contributed by atoms with Gasteiger partial charge in [0.05, 0.1) is 5.92 Å². The lowest BCUT2D eigenvalue weighted by atomic mass is 10.1. The van der Waals surface area contributed by atoms with Gasteiger partial charge >= 0.3 is 5.97 Å². The highest BCUT2D eigenvalue weighted by Crippen LogP contribution is 2.41. The molecular weight excluding hydrogens is 188 g/mol. The normalized spacial score (nSPS) is 25.0. The van der Waals surface area contributed by atoms with Crippen molar-refractivity contribution in [2.75, 3.05) is 0 Å². The van der Waals surface area contributed by atoms with Crippen LogP contribution in [0.2, 0.25) is 0 Å². The summed E-state index contributed by atoms with van der Waals surface area (Å²) in [5.74, 6) is -0.580. The van der Waals surface area contributed by atoms with Gasteiger partial charge in [-0.15, -0.1) is 0 Å². The number of aliphatic carboxylic acids is 1. The molecule has 0 spiro atoms. The van der Waals surface area contributed by atoms with Crippen molar-refractivity contribution in [2.24, 2.45) is 11.8 Å². The van der Waals surface area contributed by atoms with Gasteiger partial charge < -0.3 is 5.11 Å². The van der Waals surface area contributed by atoms with Crippen molar-refractivity contribution in [1.29, 1.82) is 0 Å². The van der Waals surface area contributed by atoms with Crippen molar-refractivity contribution in [3.05, 3.63) is 42.0 Å². The first-order chi connectivity index (χ1) is 7.18. The zero-order chi connectivity index (χ0) is 10.8. The lowest BCUT2D eigenvalue weighted by molar-refractivity contribution is -0.138. The second-order valence-corrected chi connectivity index (χ2v) is 4.06. The molecule has 0 heterocycles. The summed E-state index contributed by atoms with van der Waals surface area (Å²) in [7, 11) is 0. The number of benzene rings is 1. The van der Waals surface area contributed by atoms with Gasteiger partial charge in [-0.2, -0.15) is 0 Å². The lowest BCUT2D eigenvalue weighted by Gasteiger charge is -2.00. The van der Waals surface area contributed by atoms with E-state index >= 15 is 0 Å². The van der Waals surface area contributed by atoms with Crippen LogP contribution in [0.5, 0.6) is 0 Å². The van der Waals surface area contributed by atoms with Crippen LogP contribution < -0.4 is 0 Å². The molecule has 15 heavy (non-hydrogen) atoms. The van der Waals surface area contributed by atoms with Gasteiger partial charge in [-0.25, -0.2) is 0 Å². The molecule has 2 nitrogen and oxygen atoms in total. The molecule has 1 aromatic carbocycles. The number of hydrogen-bond donors (Lipinski definition) is 1. The Hall–Kier alpha value is -1.57. The van der Waals surface area contributed by atoms with E-state index in [4.69, 9.17) is 5.11 Å². The van der Waals surface area contributed by atoms with Crippen LogP contribution in [0.15, 0.2) is 36.4 Å². The molecule has 78 valence electrons. The molecular formula is C13H14O2. The van der Waals surface area contributed by atoms with E-state index < -0.39 is 5.97 Å². The van der Waals surface area contributed by atoms with Gasteiger partial charge in [0.2, 0.25) is 0 Å². The number of carbonyl (C=O) groups is 1. The third-order valence-electron chi connectivity index (χ3n) is 2.85. The van der Waals surface area contributed by atoms with Gasteiger partial charge in [-0.3, -0.25) is 4.79 Å². The zero-order valence-electron chi connectivity index (χ0n) is 8.68. The predicted molar refractivity (Wildman–Crippen MR) is 59.3 cm³/mol. The Labute approximate surface area is 89.2 Å². The van der Waals surface area contributed by atoms with Crippen molar-refractivity contribution >= 4 is 11.5 Å². The Balaban J connectivity index is 2.07. The summed E-state index contributed by atoms with van der Waals surface area (Å²) in [6.45, 7) is 2.03. The van der Waals surface area contributed by atoms with E-state index in [1.165, 1.54) is 11.1 Å². The second kappa shape index (κ2) is 3.89. The third-order valence-corrected chi connectivity index (χ3v) is 2.85. The zero-order valence-corrected chi connectivity index (χ0v) is 8.68.